The Kier molecular flexibility index (Phi) is 6.23. The van der Waals surface area contributed by atoms with Crippen LogP contribution in [0, 0.1) is 13.8 Å². The summed E-state index contributed by atoms with van der Waals surface area (Å²) in [6.07, 6.45) is 0. The minimum Gasteiger partial charge on any atom is -0.452 e. The molecule has 126 valence electrons. The maximum atomic E-state index is 11.9. The molecule has 0 aliphatic carbocycles. The molecule has 0 aliphatic rings. The monoisotopic (exact) mass is 365 g/mol. The molecular weight excluding hydrogens is 349 g/mol. The van der Waals surface area contributed by atoms with Crippen LogP contribution in [0.2, 0.25) is 10.0 Å². The SMILES string of the molecule is Cc1ccc(CNC(=O)COC(=O)c2ccc(Cl)c(Cl)c2)cc1C. The van der Waals surface area contributed by atoms with E-state index < -0.39 is 5.97 Å². The van der Waals surface area contributed by atoms with Crippen molar-refractivity contribution in [2.45, 2.75) is 20.4 Å². The number of hydrogen-bond donors (Lipinski definition) is 1. The number of amides is 1. The van der Waals surface area contributed by atoms with Crippen LogP contribution in [-0.2, 0) is 16.1 Å². The van der Waals surface area contributed by atoms with Crippen molar-refractivity contribution in [1.82, 2.24) is 5.32 Å². The summed E-state index contributed by atoms with van der Waals surface area (Å²) in [7, 11) is 0. The maximum absolute atomic E-state index is 11.9. The van der Waals surface area contributed by atoms with E-state index in [4.69, 9.17) is 27.9 Å². The summed E-state index contributed by atoms with van der Waals surface area (Å²) in [5, 5.41) is 3.31. The number of carbonyl (C=O) groups excluding carboxylic acids is 2. The van der Waals surface area contributed by atoms with E-state index in [0.29, 0.717) is 11.6 Å². The van der Waals surface area contributed by atoms with Crippen molar-refractivity contribution in [3.8, 4) is 0 Å². The van der Waals surface area contributed by atoms with E-state index in [0.717, 1.165) is 11.1 Å². The molecule has 0 heterocycles. The molecule has 1 N–H and O–H groups in total. The second kappa shape index (κ2) is 8.18. The molecule has 0 bridgehead atoms. The van der Waals surface area contributed by atoms with Gasteiger partial charge in [0.2, 0.25) is 0 Å². The summed E-state index contributed by atoms with van der Waals surface area (Å²) in [6, 6.07) is 10.4. The number of rotatable bonds is 5. The predicted molar refractivity (Wildman–Crippen MR) is 94.5 cm³/mol. The summed E-state index contributed by atoms with van der Waals surface area (Å²) < 4.78 is 4.96. The van der Waals surface area contributed by atoms with Crippen LogP contribution < -0.4 is 5.32 Å². The molecule has 0 aliphatic heterocycles. The quantitative estimate of drug-likeness (QED) is 0.812. The van der Waals surface area contributed by atoms with Crippen LogP contribution in [0.25, 0.3) is 0 Å². The van der Waals surface area contributed by atoms with Gasteiger partial charge in [0.1, 0.15) is 0 Å². The van der Waals surface area contributed by atoms with Gasteiger partial charge < -0.3 is 10.1 Å². The lowest BCUT2D eigenvalue weighted by molar-refractivity contribution is -0.124. The van der Waals surface area contributed by atoms with E-state index in [-0.39, 0.29) is 23.1 Å². The van der Waals surface area contributed by atoms with Crippen LogP contribution in [0.3, 0.4) is 0 Å². The summed E-state index contributed by atoms with van der Waals surface area (Å²) in [5.41, 5.74) is 3.59. The molecule has 24 heavy (non-hydrogen) atoms. The third-order valence-corrected chi connectivity index (χ3v) is 4.29. The van der Waals surface area contributed by atoms with Gasteiger partial charge in [-0.15, -0.1) is 0 Å². The minimum absolute atomic E-state index is 0.242. The van der Waals surface area contributed by atoms with Gasteiger partial charge >= 0.3 is 5.97 Å². The van der Waals surface area contributed by atoms with Crippen molar-refractivity contribution in [3.05, 3.63) is 68.7 Å². The summed E-state index contributed by atoms with van der Waals surface area (Å²) >= 11 is 11.6. The van der Waals surface area contributed by atoms with Crippen molar-refractivity contribution in [1.29, 1.82) is 0 Å². The lowest BCUT2D eigenvalue weighted by atomic mass is 10.1. The second-order valence-corrected chi connectivity index (χ2v) is 6.21. The molecule has 4 nitrogen and oxygen atoms in total. The van der Waals surface area contributed by atoms with Gasteiger partial charge in [-0.1, -0.05) is 41.4 Å². The van der Waals surface area contributed by atoms with Gasteiger partial charge in [-0.05, 0) is 48.7 Å². The first-order valence-electron chi connectivity index (χ1n) is 7.32. The standard InChI is InChI=1S/C18H17Cl2NO3/c1-11-3-4-13(7-12(11)2)9-21-17(22)10-24-18(23)14-5-6-15(19)16(20)8-14/h3-8H,9-10H2,1-2H3,(H,21,22). The Bertz CT molecular complexity index is 775. The summed E-state index contributed by atoms with van der Waals surface area (Å²) in [4.78, 5) is 23.7. The summed E-state index contributed by atoms with van der Waals surface area (Å²) in [6.45, 7) is 4.06. The fourth-order valence-electron chi connectivity index (χ4n) is 2.00. The second-order valence-electron chi connectivity index (χ2n) is 5.40. The number of hydrogen-bond acceptors (Lipinski definition) is 3. The first kappa shape index (κ1) is 18.3. The molecule has 0 fully saturated rings. The zero-order chi connectivity index (χ0) is 17.7. The highest BCUT2D eigenvalue weighted by molar-refractivity contribution is 6.42. The third-order valence-electron chi connectivity index (χ3n) is 3.55. The highest BCUT2D eigenvalue weighted by atomic mass is 35.5. The first-order valence-corrected chi connectivity index (χ1v) is 8.07. The number of ether oxygens (including phenoxy) is 1. The fourth-order valence-corrected chi connectivity index (χ4v) is 2.30. The fraction of sp³-hybridized carbons (Fsp3) is 0.222. The van der Waals surface area contributed by atoms with Crippen LogP contribution in [0.1, 0.15) is 27.0 Å². The molecule has 0 radical (unpaired) electrons. The highest BCUT2D eigenvalue weighted by Gasteiger charge is 2.11. The topological polar surface area (TPSA) is 55.4 Å². The van der Waals surface area contributed by atoms with Gasteiger partial charge in [0.05, 0.1) is 15.6 Å². The Morgan fingerprint density at radius 1 is 1.00 bits per heavy atom. The van der Waals surface area contributed by atoms with Crippen LogP contribution in [0.5, 0.6) is 0 Å². The zero-order valence-corrected chi connectivity index (χ0v) is 14.9. The molecule has 2 aromatic rings. The number of benzene rings is 2. The zero-order valence-electron chi connectivity index (χ0n) is 13.4. The molecule has 6 heteroatoms. The van der Waals surface area contributed by atoms with Gasteiger partial charge in [-0.2, -0.15) is 0 Å². The van der Waals surface area contributed by atoms with Crippen molar-refractivity contribution in [3.63, 3.8) is 0 Å². The van der Waals surface area contributed by atoms with E-state index in [1.54, 1.807) is 0 Å². The van der Waals surface area contributed by atoms with Crippen molar-refractivity contribution in [2.24, 2.45) is 0 Å². The molecule has 0 atom stereocenters. The van der Waals surface area contributed by atoms with E-state index in [1.807, 2.05) is 32.0 Å². The van der Waals surface area contributed by atoms with Crippen LogP contribution >= 0.6 is 23.2 Å². The Morgan fingerprint density at radius 3 is 2.42 bits per heavy atom. The van der Waals surface area contributed by atoms with Gasteiger partial charge in [-0.3, -0.25) is 4.79 Å². The Balaban J connectivity index is 1.83. The third kappa shape index (κ3) is 4.98. The molecule has 0 aromatic heterocycles. The van der Waals surface area contributed by atoms with Crippen LogP contribution in [0.4, 0.5) is 0 Å². The smallest absolute Gasteiger partial charge is 0.338 e. The van der Waals surface area contributed by atoms with Crippen molar-refractivity contribution in [2.75, 3.05) is 6.61 Å². The number of halogens is 2. The van der Waals surface area contributed by atoms with Crippen molar-refractivity contribution >= 4 is 35.1 Å². The molecule has 0 spiro atoms. The van der Waals surface area contributed by atoms with E-state index >= 15 is 0 Å². The Morgan fingerprint density at radius 2 is 1.75 bits per heavy atom. The van der Waals surface area contributed by atoms with Gasteiger partial charge in [-0.25, -0.2) is 4.79 Å². The molecule has 0 saturated heterocycles. The van der Waals surface area contributed by atoms with E-state index in [1.165, 1.54) is 23.8 Å². The molecule has 0 unspecified atom stereocenters. The Hall–Kier alpha value is -2.04. The maximum Gasteiger partial charge on any atom is 0.338 e. The molecular formula is C18H17Cl2NO3. The van der Waals surface area contributed by atoms with Crippen LogP contribution in [0.15, 0.2) is 36.4 Å². The predicted octanol–water partition coefficient (Wildman–Crippen LogP) is 4.08. The first-order chi connectivity index (χ1) is 11.4. The number of carbonyl (C=O) groups is 2. The largest absolute Gasteiger partial charge is 0.452 e. The molecule has 1 amide bonds. The van der Waals surface area contributed by atoms with E-state index in [9.17, 15) is 9.59 Å². The summed E-state index contributed by atoms with van der Waals surface area (Å²) in [5.74, 6) is -1.00. The minimum atomic E-state index is -0.630. The normalized spacial score (nSPS) is 10.3. The molecule has 2 rings (SSSR count). The van der Waals surface area contributed by atoms with Gasteiger partial charge in [0.25, 0.3) is 5.91 Å². The average molecular weight is 366 g/mol. The lowest BCUT2D eigenvalue weighted by Gasteiger charge is -2.08. The van der Waals surface area contributed by atoms with Crippen molar-refractivity contribution < 1.29 is 14.3 Å². The molecule has 2 aromatic carbocycles. The number of esters is 1. The molecule has 0 saturated carbocycles. The number of aryl methyl sites for hydroxylation is 2. The number of nitrogens with one attached hydrogen (secondary N) is 1. The Labute approximate surface area is 150 Å². The van der Waals surface area contributed by atoms with Gasteiger partial charge in [0, 0.05) is 6.54 Å². The average Bonchev–Trinajstić information content (AvgIpc) is 2.56. The van der Waals surface area contributed by atoms with Gasteiger partial charge in [0.15, 0.2) is 6.61 Å². The lowest BCUT2D eigenvalue weighted by Crippen LogP contribution is -2.28. The van der Waals surface area contributed by atoms with E-state index in [2.05, 4.69) is 5.32 Å². The highest BCUT2D eigenvalue weighted by Crippen LogP contribution is 2.22. The van der Waals surface area contributed by atoms with Crippen LogP contribution in [-0.4, -0.2) is 18.5 Å².